The number of benzene rings is 1. The molecule has 118 valence electrons. The highest BCUT2D eigenvalue weighted by atomic mass is 15.1. The molecule has 1 saturated heterocycles. The minimum atomic E-state index is 0.514. The fraction of sp³-hybridized carbons (Fsp3) is 0.474. The standard InChI is InChI=1S/C19H27N3/c1-4-17(20)19(22-10-6-5-7-11-22)13-18(21)16-12-14(2)8-9-15(16)3/h8-9,12-13,20-21H,4-7,10-11H2,1-3H3/b19-13+,20-17?,21-18?. The molecule has 22 heavy (non-hydrogen) atoms. The Labute approximate surface area is 134 Å². The van der Waals surface area contributed by atoms with Crippen molar-refractivity contribution in [1.82, 2.24) is 4.90 Å². The predicted octanol–water partition coefficient (Wildman–Crippen LogP) is 4.47. The van der Waals surface area contributed by atoms with Gasteiger partial charge in [-0.15, -0.1) is 0 Å². The van der Waals surface area contributed by atoms with Crippen molar-refractivity contribution in [2.45, 2.75) is 46.5 Å². The van der Waals surface area contributed by atoms with E-state index in [9.17, 15) is 0 Å². The number of likely N-dealkylation sites (tertiary alicyclic amines) is 1. The molecule has 1 heterocycles. The lowest BCUT2D eigenvalue weighted by atomic mass is 9.99. The van der Waals surface area contributed by atoms with Crippen LogP contribution in [0.15, 0.2) is 30.0 Å². The second kappa shape index (κ2) is 7.39. The number of nitrogens with zero attached hydrogens (tertiary/aromatic N) is 1. The van der Waals surface area contributed by atoms with E-state index in [-0.39, 0.29) is 0 Å². The summed E-state index contributed by atoms with van der Waals surface area (Å²) in [5, 5.41) is 16.8. The monoisotopic (exact) mass is 297 g/mol. The van der Waals surface area contributed by atoms with Crippen LogP contribution in [0.2, 0.25) is 0 Å². The van der Waals surface area contributed by atoms with E-state index in [1.165, 1.54) is 24.8 Å². The first-order valence-electron chi connectivity index (χ1n) is 8.23. The third kappa shape index (κ3) is 3.85. The summed E-state index contributed by atoms with van der Waals surface area (Å²) in [6.07, 6.45) is 6.26. The van der Waals surface area contributed by atoms with E-state index in [0.29, 0.717) is 17.8 Å². The van der Waals surface area contributed by atoms with Gasteiger partial charge in [0.2, 0.25) is 0 Å². The molecule has 3 heteroatoms. The molecule has 0 atom stereocenters. The summed E-state index contributed by atoms with van der Waals surface area (Å²) < 4.78 is 0. The van der Waals surface area contributed by atoms with E-state index in [2.05, 4.69) is 30.0 Å². The summed E-state index contributed by atoms with van der Waals surface area (Å²) in [7, 11) is 0. The Balaban J connectivity index is 2.33. The Kier molecular flexibility index (Phi) is 5.53. The van der Waals surface area contributed by atoms with Gasteiger partial charge in [0.25, 0.3) is 0 Å². The van der Waals surface area contributed by atoms with Crippen molar-refractivity contribution in [2.24, 2.45) is 0 Å². The predicted molar refractivity (Wildman–Crippen MR) is 94.3 cm³/mol. The maximum Gasteiger partial charge on any atom is 0.0636 e. The van der Waals surface area contributed by atoms with Gasteiger partial charge in [-0.1, -0.05) is 24.6 Å². The van der Waals surface area contributed by atoms with Gasteiger partial charge >= 0.3 is 0 Å². The topological polar surface area (TPSA) is 50.9 Å². The van der Waals surface area contributed by atoms with E-state index in [0.717, 1.165) is 29.9 Å². The average molecular weight is 297 g/mol. The number of aryl methyl sites for hydroxylation is 2. The lowest BCUT2D eigenvalue weighted by molar-refractivity contribution is 0.297. The Bertz CT molecular complexity index is 593. The van der Waals surface area contributed by atoms with Crippen molar-refractivity contribution in [3.8, 4) is 0 Å². The first-order valence-corrected chi connectivity index (χ1v) is 8.23. The van der Waals surface area contributed by atoms with Gasteiger partial charge in [0.05, 0.1) is 17.1 Å². The average Bonchev–Trinajstić information content (AvgIpc) is 2.54. The largest absolute Gasteiger partial charge is 0.370 e. The minimum Gasteiger partial charge on any atom is -0.370 e. The Morgan fingerprint density at radius 3 is 2.45 bits per heavy atom. The summed E-state index contributed by atoms with van der Waals surface area (Å²) in [5.41, 5.74) is 5.35. The maximum atomic E-state index is 8.48. The molecule has 0 aromatic heterocycles. The normalized spacial score (nSPS) is 15.8. The van der Waals surface area contributed by atoms with Crippen LogP contribution in [-0.2, 0) is 0 Å². The molecule has 1 aliphatic rings. The van der Waals surface area contributed by atoms with Crippen molar-refractivity contribution in [2.75, 3.05) is 13.1 Å². The van der Waals surface area contributed by atoms with Crippen molar-refractivity contribution in [3.63, 3.8) is 0 Å². The molecule has 0 radical (unpaired) electrons. The van der Waals surface area contributed by atoms with Crippen LogP contribution in [0.25, 0.3) is 0 Å². The van der Waals surface area contributed by atoms with E-state index in [1.807, 2.05) is 19.9 Å². The highest BCUT2D eigenvalue weighted by Gasteiger charge is 2.17. The van der Waals surface area contributed by atoms with Crippen LogP contribution >= 0.6 is 0 Å². The molecule has 0 aliphatic carbocycles. The molecule has 0 bridgehead atoms. The van der Waals surface area contributed by atoms with Gasteiger partial charge in [-0.05, 0) is 57.2 Å². The third-order valence-corrected chi connectivity index (χ3v) is 4.32. The van der Waals surface area contributed by atoms with Gasteiger partial charge in [0, 0.05) is 18.7 Å². The first kappa shape index (κ1) is 16.5. The molecule has 1 aliphatic heterocycles. The summed E-state index contributed by atoms with van der Waals surface area (Å²) in [6.45, 7) is 8.13. The Morgan fingerprint density at radius 1 is 1.14 bits per heavy atom. The summed E-state index contributed by atoms with van der Waals surface area (Å²) in [4.78, 5) is 2.29. The van der Waals surface area contributed by atoms with Gasteiger partial charge in [0.15, 0.2) is 0 Å². The number of hydrogen-bond acceptors (Lipinski definition) is 3. The molecular weight excluding hydrogens is 270 g/mol. The number of nitrogens with one attached hydrogen (secondary N) is 2. The van der Waals surface area contributed by atoms with Crippen LogP contribution in [0, 0.1) is 24.7 Å². The lowest BCUT2D eigenvalue weighted by Gasteiger charge is -2.31. The van der Waals surface area contributed by atoms with Crippen LogP contribution in [-0.4, -0.2) is 29.4 Å². The molecule has 1 fully saturated rings. The molecule has 3 nitrogen and oxygen atoms in total. The van der Waals surface area contributed by atoms with Gasteiger partial charge in [-0.2, -0.15) is 0 Å². The smallest absolute Gasteiger partial charge is 0.0636 e. The van der Waals surface area contributed by atoms with Crippen molar-refractivity contribution in [3.05, 3.63) is 46.7 Å². The van der Waals surface area contributed by atoms with Crippen molar-refractivity contribution >= 4 is 11.4 Å². The zero-order valence-electron chi connectivity index (χ0n) is 14.0. The van der Waals surface area contributed by atoms with Crippen LogP contribution in [0.1, 0.15) is 49.3 Å². The third-order valence-electron chi connectivity index (χ3n) is 4.32. The fourth-order valence-electron chi connectivity index (χ4n) is 2.93. The lowest BCUT2D eigenvalue weighted by Crippen LogP contribution is -2.32. The minimum absolute atomic E-state index is 0.514. The van der Waals surface area contributed by atoms with E-state index in [1.54, 1.807) is 0 Å². The maximum absolute atomic E-state index is 8.48. The van der Waals surface area contributed by atoms with Crippen LogP contribution in [0.4, 0.5) is 0 Å². The fourth-order valence-corrected chi connectivity index (χ4v) is 2.93. The molecule has 1 aromatic carbocycles. The molecule has 0 spiro atoms. The van der Waals surface area contributed by atoms with Crippen LogP contribution < -0.4 is 0 Å². The van der Waals surface area contributed by atoms with Crippen LogP contribution in [0.5, 0.6) is 0 Å². The number of piperidine rings is 1. The van der Waals surface area contributed by atoms with Gasteiger partial charge in [0.1, 0.15) is 0 Å². The SMILES string of the molecule is CCC(=N)/C(=C\C(=N)c1cc(C)ccc1C)N1CCCCC1. The van der Waals surface area contributed by atoms with E-state index >= 15 is 0 Å². The zero-order valence-corrected chi connectivity index (χ0v) is 14.0. The van der Waals surface area contributed by atoms with Gasteiger partial charge in [-0.3, -0.25) is 0 Å². The highest BCUT2D eigenvalue weighted by Crippen LogP contribution is 2.19. The van der Waals surface area contributed by atoms with Crippen molar-refractivity contribution < 1.29 is 0 Å². The van der Waals surface area contributed by atoms with E-state index in [4.69, 9.17) is 10.8 Å². The Hall–Kier alpha value is -1.90. The molecule has 0 unspecified atom stereocenters. The molecule has 1 aromatic rings. The van der Waals surface area contributed by atoms with Crippen molar-refractivity contribution in [1.29, 1.82) is 10.8 Å². The molecule has 2 rings (SSSR count). The number of allylic oxidation sites excluding steroid dienone is 2. The van der Waals surface area contributed by atoms with Gasteiger partial charge < -0.3 is 15.7 Å². The zero-order chi connectivity index (χ0) is 16.1. The second-order valence-corrected chi connectivity index (χ2v) is 6.14. The molecule has 2 N–H and O–H groups in total. The second-order valence-electron chi connectivity index (χ2n) is 6.14. The number of rotatable bonds is 5. The van der Waals surface area contributed by atoms with E-state index < -0.39 is 0 Å². The van der Waals surface area contributed by atoms with Crippen LogP contribution in [0.3, 0.4) is 0 Å². The molecular formula is C19H27N3. The Morgan fingerprint density at radius 2 is 1.82 bits per heavy atom. The molecule has 0 amide bonds. The summed E-state index contributed by atoms with van der Waals surface area (Å²) >= 11 is 0. The molecule has 0 saturated carbocycles. The quantitative estimate of drug-likeness (QED) is 0.774. The van der Waals surface area contributed by atoms with Gasteiger partial charge in [-0.25, -0.2) is 0 Å². The first-order chi connectivity index (χ1) is 10.5. The summed E-state index contributed by atoms with van der Waals surface area (Å²) in [6, 6.07) is 6.21. The summed E-state index contributed by atoms with van der Waals surface area (Å²) in [5.74, 6) is 0. The highest BCUT2D eigenvalue weighted by molar-refractivity contribution is 6.12. The number of hydrogen-bond donors (Lipinski definition) is 2.